The zero-order valence-corrected chi connectivity index (χ0v) is 13.8. The van der Waals surface area contributed by atoms with Crippen molar-refractivity contribution in [1.82, 2.24) is 25.1 Å². The fraction of sp³-hybridized carbons (Fsp3) is 0.312. The number of H-pyrrole nitrogens is 1. The van der Waals surface area contributed by atoms with Gasteiger partial charge in [-0.2, -0.15) is 18.3 Å². The van der Waals surface area contributed by atoms with Gasteiger partial charge in [0, 0.05) is 23.9 Å². The molecule has 2 heterocycles. The molecule has 0 fully saturated rings. The van der Waals surface area contributed by atoms with Crippen LogP contribution in [0.2, 0.25) is 0 Å². The van der Waals surface area contributed by atoms with E-state index in [0.29, 0.717) is 0 Å². The molecule has 1 aromatic carbocycles. The van der Waals surface area contributed by atoms with Gasteiger partial charge in [0.2, 0.25) is 5.82 Å². The number of amides is 1. The van der Waals surface area contributed by atoms with Gasteiger partial charge in [-0.25, -0.2) is 4.98 Å². The molecule has 3 rings (SSSR count). The highest BCUT2D eigenvalue weighted by Gasteiger charge is 2.34. The van der Waals surface area contributed by atoms with E-state index in [1.54, 1.807) is 17.9 Å². The van der Waals surface area contributed by atoms with Crippen LogP contribution >= 0.6 is 0 Å². The van der Waals surface area contributed by atoms with Crippen LogP contribution in [0.5, 0.6) is 0 Å². The van der Waals surface area contributed by atoms with Gasteiger partial charge >= 0.3 is 6.18 Å². The number of carbonyl (C=O) groups excluding carboxylic acids is 1. The van der Waals surface area contributed by atoms with Crippen LogP contribution in [0.4, 0.5) is 13.2 Å². The van der Waals surface area contributed by atoms with Crippen molar-refractivity contribution >= 4 is 16.9 Å². The van der Waals surface area contributed by atoms with Crippen LogP contribution in [0, 0.1) is 6.92 Å². The van der Waals surface area contributed by atoms with E-state index >= 15 is 0 Å². The van der Waals surface area contributed by atoms with Gasteiger partial charge in [0.05, 0.1) is 23.3 Å². The number of rotatable bonds is 3. The summed E-state index contributed by atoms with van der Waals surface area (Å²) in [6.07, 6.45) is -2.89. The van der Waals surface area contributed by atoms with Gasteiger partial charge in [0.1, 0.15) is 0 Å². The molecule has 0 unspecified atom stereocenters. The highest BCUT2D eigenvalue weighted by molar-refractivity contribution is 5.97. The summed E-state index contributed by atoms with van der Waals surface area (Å²) in [5.41, 5.74) is 2.35. The summed E-state index contributed by atoms with van der Waals surface area (Å²) in [5.74, 6) is -1.47. The van der Waals surface area contributed by atoms with Crippen LogP contribution < -0.4 is 5.32 Å². The number of halogens is 3. The summed E-state index contributed by atoms with van der Waals surface area (Å²) in [6.45, 7) is 3.71. The molecule has 1 atom stereocenters. The van der Waals surface area contributed by atoms with Crippen molar-refractivity contribution in [2.24, 2.45) is 7.05 Å². The summed E-state index contributed by atoms with van der Waals surface area (Å²) in [7, 11) is 1.80. The number of hydrogen-bond donors (Lipinski definition) is 2. The first-order chi connectivity index (χ1) is 11.7. The lowest BCUT2D eigenvalue weighted by Gasteiger charge is -2.13. The quantitative estimate of drug-likeness (QED) is 0.761. The van der Waals surface area contributed by atoms with Crippen LogP contribution in [0.3, 0.4) is 0 Å². The monoisotopic (exact) mass is 351 g/mol. The maximum Gasteiger partial charge on any atom is 0.449 e. The van der Waals surface area contributed by atoms with Crippen molar-refractivity contribution in [3.8, 4) is 0 Å². The lowest BCUT2D eigenvalue weighted by molar-refractivity contribution is -0.144. The van der Waals surface area contributed by atoms with Crippen molar-refractivity contribution < 1.29 is 18.0 Å². The number of alkyl halides is 3. The SMILES string of the molecule is Cc1c([C@H](C)NC(=O)c2ccc3nc(C(F)(F)F)[nH]c3c2)cnn1C. The molecule has 0 aliphatic carbocycles. The molecule has 0 saturated carbocycles. The van der Waals surface area contributed by atoms with Gasteiger partial charge in [-0.05, 0) is 32.0 Å². The van der Waals surface area contributed by atoms with Crippen LogP contribution in [0.1, 0.15) is 40.4 Å². The highest BCUT2D eigenvalue weighted by Crippen LogP contribution is 2.28. The molecule has 2 N–H and O–H groups in total. The molecule has 2 aromatic heterocycles. The van der Waals surface area contributed by atoms with Crippen molar-refractivity contribution in [2.75, 3.05) is 0 Å². The predicted octanol–water partition coefficient (Wildman–Crippen LogP) is 3.11. The molecule has 0 saturated heterocycles. The number of carbonyl (C=O) groups is 1. The maximum atomic E-state index is 12.7. The Bertz CT molecular complexity index is 941. The Balaban J connectivity index is 1.83. The van der Waals surface area contributed by atoms with E-state index in [2.05, 4.69) is 20.4 Å². The van der Waals surface area contributed by atoms with Gasteiger partial charge < -0.3 is 10.3 Å². The summed E-state index contributed by atoms with van der Waals surface area (Å²) in [6, 6.07) is 3.90. The zero-order valence-electron chi connectivity index (χ0n) is 13.8. The van der Waals surface area contributed by atoms with E-state index in [-0.39, 0.29) is 28.5 Å². The Hall–Kier alpha value is -2.84. The van der Waals surface area contributed by atoms with Gasteiger partial charge in [-0.3, -0.25) is 9.48 Å². The van der Waals surface area contributed by atoms with E-state index in [4.69, 9.17) is 0 Å². The maximum absolute atomic E-state index is 12.7. The Kier molecular flexibility index (Phi) is 4.02. The molecule has 0 aliphatic rings. The summed E-state index contributed by atoms with van der Waals surface area (Å²) < 4.78 is 39.8. The average molecular weight is 351 g/mol. The van der Waals surface area contributed by atoms with Crippen molar-refractivity contribution in [1.29, 1.82) is 0 Å². The number of aryl methyl sites for hydroxylation is 1. The van der Waals surface area contributed by atoms with Crippen molar-refractivity contribution in [3.05, 3.63) is 47.0 Å². The molecule has 3 aromatic rings. The normalized spacial score (nSPS) is 13.2. The number of benzene rings is 1. The number of nitrogens with one attached hydrogen (secondary N) is 2. The molecular weight excluding hydrogens is 335 g/mol. The second-order valence-electron chi connectivity index (χ2n) is 5.82. The molecule has 0 bridgehead atoms. The zero-order chi connectivity index (χ0) is 18.4. The van der Waals surface area contributed by atoms with Crippen LogP contribution in [-0.2, 0) is 13.2 Å². The smallest absolute Gasteiger partial charge is 0.345 e. The molecule has 1 amide bonds. The minimum atomic E-state index is -4.56. The second kappa shape index (κ2) is 5.91. The first-order valence-corrected chi connectivity index (χ1v) is 7.53. The molecule has 0 radical (unpaired) electrons. The Morgan fingerprint density at radius 2 is 2.08 bits per heavy atom. The third-order valence-electron chi connectivity index (χ3n) is 4.10. The summed E-state index contributed by atoms with van der Waals surface area (Å²) in [4.78, 5) is 18.1. The largest absolute Gasteiger partial charge is 0.449 e. The second-order valence-corrected chi connectivity index (χ2v) is 5.82. The standard InChI is InChI=1S/C16H16F3N5O/c1-8(11-7-20-24(3)9(11)2)21-14(25)10-4-5-12-13(6-10)23-15(22-12)16(17,18)19/h4-8H,1-3H3,(H,21,25)(H,22,23)/t8-/m0/s1. The van der Waals surface area contributed by atoms with E-state index in [1.165, 1.54) is 18.2 Å². The summed E-state index contributed by atoms with van der Waals surface area (Å²) in [5, 5.41) is 6.95. The lowest BCUT2D eigenvalue weighted by Crippen LogP contribution is -2.26. The van der Waals surface area contributed by atoms with Gasteiger partial charge in [-0.15, -0.1) is 0 Å². The summed E-state index contributed by atoms with van der Waals surface area (Å²) >= 11 is 0. The van der Waals surface area contributed by atoms with Gasteiger partial charge in [0.25, 0.3) is 5.91 Å². The number of fused-ring (bicyclic) bond motifs is 1. The van der Waals surface area contributed by atoms with E-state index in [1.807, 2.05) is 13.8 Å². The molecule has 0 spiro atoms. The first kappa shape index (κ1) is 17.0. The van der Waals surface area contributed by atoms with Gasteiger partial charge in [-0.1, -0.05) is 0 Å². The van der Waals surface area contributed by atoms with E-state index < -0.39 is 12.0 Å². The van der Waals surface area contributed by atoms with E-state index in [9.17, 15) is 18.0 Å². The highest BCUT2D eigenvalue weighted by atomic mass is 19.4. The minimum absolute atomic E-state index is 0.153. The number of imidazole rings is 1. The van der Waals surface area contributed by atoms with E-state index in [0.717, 1.165) is 11.3 Å². The molecule has 6 nitrogen and oxygen atoms in total. The minimum Gasteiger partial charge on any atom is -0.345 e. The molecular formula is C16H16F3N5O. The molecule has 0 aliphatic heterocycles. The van der Waals surface area contributed by atoms with Crippen molar-refractivity contribution in [2.45, 2.75) is 26.1 Å². The third kappa shape index (κ3) is 3.21. The first-order valence-electron chi connectivity index (χ1n) is 7.53. The Labute approximate surface area is 141 Å². The van der Waals surface area contributed by atoms with Crippen molar-refractivity contribution in [3.63, 3.8) is 0 Å². The molecule has 25 heavy (non-hydrogen) atoms. The van der Waals surface area contributed by atoms with Crippen LogP contribution in [0.25, 0.3) is 11.0 Å². The Morgan fingerprint density at radius 1 is 1.36 bits per heavy atom. The van der Waals surface area contributed by atoms with Crippen LogP contribution in [0.15, 0.2) is 24.4 Å². The third-order valence-corrected chi connectivity index (χ3v) is 4.10. The Morgan fingerprint density at radius 3 is 2.68 bits per heavy atom. The van der Waals surface area contributed by atoms with Gasteiger partial charge in [0.15, 0.2) is 0 Å². The van der Waals surface area contributed by atoms with Crippen LogP contribution in [-0.4, -0.2) is 25.7 Å². The number of nitrogens with zero attached hydrogens (tertiary/aromatic N) is 3. The predicted molar refractivity (Wildman–Crippen MR) is 84.9 cm³/mol. The number of hydrogen-bond acceptors (Lipinski definition) is 3. The number of aromatic nitrogens is 4. The lowest BCUT2D eigenvalue weighted by atomic mass is 10.1. The number of aromatic amines is 1. The fourth-order valence-electron chi connectivity index (χ4n) is 2.58. The molecule has 132 valence electrons. The topological polar surface area (TPSA) is 75.6 Å². The molecule has 9 heteroatoms. The average Bonchev–Trinajstić information content (AvgIpc) is 3.10. The fourth-order valence-corrected chi connectivity index (χ4v) is 2.58.